The number of pyridine rings is 1. The highest BCUT2D eigenvalue weighted by atomic mass is 19.4. The van der Waals surface area contributed by atoms with Gasteiger partial charge in [-0.05, 0) is 75.3 Å². The third-order valence-electron chi connectivity index (χ3n) is 7.07. The number of amides is 1. The number of ether oxygens (including phenoxy) is 2. The maximum Gasteiger partial charge on any atom is 0.416 e. The van der Waals surface area contributed by atoms with E-state index in [4.69, 9.17) is 9.47 Å². The van der Waals surface area contributed by atoms with Crippen LogP contribution in [-0.2, 0) is 6.18 Å². The molecule has 43 heavy (non-hydrogen) atoms. The van der Waals surface area contributed by atoms with E-state index in [0.29, 0.717) is 28.6 Å². The predicted molar refractivity (Wildman–Crippen MR) is 154 cm³/mol. The van der Waals surface area contributed by atoms with Gasteiger partial charge in [0, 0.05) is 36.6 Å². The summed E-state index contributed by atoms with van der Waals surface area (Å²) in [5, 5.41) is 5.43. The molecule has 224 valence electrons. The molecule has 1 amide bonds. The van der Waals surface area contributed by atoms with E-state index >= 15 is 0 Å². The molecule has 1 atom stereocenters. The van der Waals surface area contributed by atoms with Crippen LogP contribution in [-0.4, -0.2) is 64.0 Å². The molecular formula is C30H30F3N7O3. The van der Waals surface area contributed by atoms with E-state index in [1.807, 2.05) is 7.05 Å². The number of rotatable bonds is 9. The van der Waals surface area contributed by atoms with E-state index in [1.165, 1.54) is 18.5 Å². The molecule has 0 aliphatic carbocycles. The molecule has 0 bridgehead atoms. The van der Waals surface area contributed by atoms with Crippen molar-refractivity contribution in [2.75, 3.05) is 37.9 Å². The first-order valence-corrected chi connectivity index (χ1v) is 13.6. The van der Waals surface area contributed by atoms with Gasteiger partial charge in [-0.15, -0.1) is 0 Å². The summed E-state index contributed by atoms with van der Waals surface area (Å²) < 4.78 is 52.9. The van der Waals surface area contributed by atoms with Crippen LogP contribution in [0.1, 0.15) is 34.3 Å². The quantitative estimate of drug-likeness (QED) is 0.248. The monoisotopic (exact) mass is 593 g/mol. The second kappa shape index (κ2) is 12.6. The van der Waals surface area contributed by atoms with Gasteiger partial charge in [-0.1, -0.05) is 6.07 Å². The van der Waals surface area contributed by atoms with Crippen molar-refractivity contribution in [1.29, 1.82) is 0 Å². The Morgan fingerprint density at radius 2 is 1.95 bits per heavy atom. The van der Waals surface area contributed by atoms with Gasteiger partial charge in [0.25, 0.3) is 5.91 Å². The Balaban J connectivity index is 1.37. The Morgan fingerprint density at radius 3 is 2.70 bits per heavy atom. The Kier molecular flexibility index (Phi) is 8.71. The average Bonchev–Trinajstić information content (AvgIpc) is 3.41. The number of likely N-dealkylation sites (tertiary alicyclic amines) is 1. The van der Waals surface area contributed by atoms with E-state index in [0.717, 1.165) is 31.5 Å². The van der Waals surface area contributed by atoms with E-state index in [9.17, 15) is 18.0 Å². The number of benzene rings is 2. The third-order valence-corrected chi connectivity index (χ3v) is 7.07. The van der Waals surface area contributed by atoms with Crippen LogP contribution in [0.15, 0.2) is 61.1 Å². The largest absolute Gasteiger partial charge is 0.492 e. The zero-order valence-corrected chi connectivity index (χ0v) is 23.8. The molecule has 0 unspecified atom stereocenters. The number of anilines is 2. The molecule has 0 radical (unpaired) electrons. The summed E-state index contributed by atoms with van der Waals surface area (Å²) in [7, 11) is 3.64. The highest BCUT2D eigenvalue weighted by Crippen LogP contribution is 2.35. The molecule has 4 aromatic rings. The molecule has 2 aromatic carbocycles. The maximum absolute atomic E-state index is 13.7. The number of aromatic nitrogens is 4. The van der Waals surface area contributed by atoms with Crippen LogP contribution >= 0.6 is 0 Å². The van der Waals surface area contributed by atoms with E-state index in [1.54, 1.807) is 44.4 Å². The molecule has 0 spiro atoms. The fraction of sp³-hybridized carbons (Fsp3) is 0.300. The summed E-state index contributed by atoms with van der Waals surface area (Å²) in [5.74, 6) is 0.622. The normalized spacial score (nSPS) is 15.3. The lowest BCUT2D eigenvalue weighted by molar-refractivity contribution is -0.137. The molecule has 2 aromatic heterocycles. The first-order chi connectivity index (χ1) is 20.6. The first kappa shape index (κ1) is 29.7. The SMILES string of the molecule is CNc1ncnc(-c2cccnc2Oc2cc(C(=O)Nc3cc(OC[C@@H]4CCCN4C)cc(C(F)(F)F)c3)ccc2C)n1. The molecule has 10 nitrogen and oxygen atoms in total. The highest BCUT2D eigenvalue weighted by molar-refractivity contribution is 6.04. The lowest BCUT2D eigenvalue weighted by atomic mass is 10.1. The zero-order chi connectivity index (χ0) is 30.6. The van der Waals surface area contributed by atoms with Gasteiger partial charge in [0.05, 0.1) is 11.1 Å². The second-order valence-corrected chi connectivity index (χ2v) is 10.1. The van der Waals surface area contributed by atoms with Crippen molar-refractivity contribution in [1.82, 2.24) is 24.8 Å². The maximum atomic E-state index is 13.7. The number of alkyl halides is 3. The van der Waals surface area contributed by atoms with Crippen molar-refractivity contribution in [3.8, 4) is 28.8 Å². The van der Waals surface area contributed by atoms with Crippen molar-refractivity contribution < 1.29 is 27.4 Å². The number of likely N-dealkylation sites (N-methyl/N-ethyl adjacent to an activating group) is 1. The molecule has 1 aliphatic rings. The van der Waals surface area contributed by atoms with E-state index in [2.05, 4.69) is 35.5 Å². The first-order valence-electron chi connectivity index (χ1n) is 13.6. The number of nitrogens with one attached hydrogen (secondary N) is 2. The van der Waals surface area contributed by atoms with Crippen LogP contribution in [0.4, 0.5) is 24.8 Å². The summed E-state index contributed by atoms with van der Waals surface area (Å²) >= 11 is 0. The van der Waals surface area contributed by atoms with Gasteiger partial charge in [-0.25, -0.2) is 15.0 Å². The molecule has 3 heterocycles. The summed E-state index contributed by atoms with van der Waals surface area (Å²) in [6.45, 7) is 2.96. The summed E-state index contributed by atoms with van der Waals surface area (Å²) in [4.78, 5) is 32.2. The second-order valence-electron chi connectivity index (χ2n) is 10.1. The molecule has 2 N–H and O–H groups in total. The molecule has 5 rings (SSSR count). The highest BCUT2D eigenvalue weighted by Gasteiger charge is 2.32. The summed E-state index contributed by atoms with van der Waals surface area (Å²) in [5.41, 5.74) is 0.403. The van der Waals surface area contributed by atoms with Gasteiger partial charge >= 0.3 is 6.18 Å². The van der Waals surface area contributed by atoms with Crippen molar-refractivity contribution in [3.05, 3.63) is 77.7 Å². The minimum absolute atomic E-state index is 0.0285. The molecule has 1 saturated heterocycles. The fourth-order valence-corrected chi connectivity index (χ4v) is 4.65. The number of hydrogen-bond donors (Lipinski definition) is 2. The van der Waals surface area contributed by atoms with Gasteiger partial charge in [0.2, 0.25) is 11.8 Å². The number of nitrogens with zero attached hydrogens (tertiary/aromatic N) is 5. The summed E-state index contributed by atoms with van der Waals surface area (Å²) in [6, 6.07) is 11.5. The Morgan fingerprint density at radius 1 is 1.12 bits per heavy atom. The van der Waals surface area contributed by atoms with E-state index in [-0.39, 0.29) is 35.5 Å². The van der Waals surface area contributed by atoms with Crippen molar-refractivity contribution in [3.63, 3.8) is 0 Å². The van der Waals surface area contributed by atoms with Gasteiger partial charge in [0.1, 0.15) is 24.4 Å². The lowest BCUT2D eigenvalue weighted by Gasteiger charge is -2.20. The number of aryl methyl sites for hydroxylation is 1. The smallest absolute Gasteiger partial charge is 0.416 e. The van der Waals surface area contributed by atoms with Gasteiger partial charge in [-0.2, -0.15) is 18.2 Å². The minimum atomic E-state index is -4.62. The fourth-order valence-electron chi connectivity index (χ4n) is 4.65. The number of halogens is 3. The average molecular weight is 594 g/mol. The van der Waals surface area contributed by atoms with E-state index < -0.39 is 17.6 Å². The number of carbonyl (C=O) groups excluding carboxylic acids is 1. The molecule has 0 saturated carbocycles. The lowest BCUT2D eigenvalue weighted by Crippen LogP contribution is -2.30. The van der Waals surface area contributed by atoms with Crippen LogP contribution in [0, 0.1) is 6.92 Å². The van der Waals surface area contributed by atoms with Crippen molar-refractivity contribution >= 4 is 17.5 Å². The molecular weight excluding hydrogens is 563 g/mol. The minimum Gasteiger partial charge on any atom is -0.492 e. The van der Waals surface area contributed by atoms with Crippen molar-refractivity contribution in [2.45, 2.75) is 32.0 Å². The zero-order valence-electron chi connectivity index (χ0n) is 23.8. The standard InChI is InChI=1S/C30H30F3N7O3/c1-18-8-9-19(12-25(18)43-28-24(7-4-10-35-28)26-36-17-37-29(34-2)39-26)27(41)38-21-13-20(30(31,32)33)14-23(15-21)42-16-22-6-5-11-40(22)3/h4,7-10,12-15,17,22H,5-6,11,16H2,1-3H3,(H,38,41)(H,34,36,37,39)/t22-/m0/s1. The third kappa shape index (κ3) is 7.17. The van der Waals surface area contributed by atoms with Gasteiger partial charge in [-0.3, -0.25) is 4.79 Å². The molecule has 1 aliphatic heterocycles. The van der Waals surface area contributed by atoms with Crippen LogP contribution < -0.4 is 20.1 Å². The Bertz CT molecular complexity index is 1620. The van der Waals surface area contributed by atoms with Crippen LogP contribution in [0.5, 0.6) is 17.4 Å². The predicted octanol–water partition coefficient (Wildman–Crippen LogP) is 5.82. The van der Waals surface area contributed by atoms with Crippen LogP contribution in [0.25, 0.3) is 11.4 Å². The van der Waals surface area contributed by atoms with Gasteiger partial charge in [0.15, 0.2) is 5.82 Å². The van der Waals surface area contributed by atoms with Crippen LogP contribution in [0.3, 0.4) is 0 Å². The molecule has 1 fully saturated rings. The number of hydrogen-bond acceptors (Lipinski definition) is 9. The van der Waals surface area contributed by atoms with Crippen LogP contribution in [0.2, 0.25) is 0 Å². The van der Waals surface area contributed by atoms with Gasteiger partial charge < -0.3 is 25.0 Å². The number of carbonyl (C=O) groups is 1. The van der Waals surface area contributed by atoms with Crippen molar-refractivity contribution in [2.24, 2.45) is 0 Å². The molecule has 13 heteroatoms. The Labute approximate surface area is 246 Å². The Hall–Kier alpha value is -4.78. The topological polar surface area (TPSA) is 114 Å². The summed E-state index contributed by atoms with van der Waals surface area (Å²) in [6.07, 6.45) is 0.193.